The maximum Gasteiger partial charge on any atom is 0.0972 e. The summed E-state index contributed by atoms with van der Waals surface area (Å²) in [7, 11) is 0. The average molecular weight is 240 g/mol. The van der Waals surface area contributed by atoms with Crippen molar-refractivity contribution in [2.45, 2.75) is 12.2 Å². The van der Waals surface area contributed by atoms with E-state index in [9.17, 15) is 10.2 Å². The normalized spacial score (nSPS) is 14.6. The number of rotatable bonds is 4. The molecular formula is C16H16O2. The summed E-state index contributed by atoms with van der Waals surface area (Å²) in [5, 5.41) is 19.8. The van der Waals surface area contributed by atoms with Crippen molar-refractivity contribution in [2.24, 2.45) is 0 Å². The molecule has 0 fully saturated rings. The zero-order valence-corrected chi connectivity index (χ0v) is 9.98. The third-order valence-electron chi connectivity index (χ3n) is 2.76. The Kier molecular flexibility index (Phi) is 4.29. The first-order chi connectivity index (χ1) is 8.77. The van der Waals surface area contributed by atoms with Crippen LogP contribution < -0.4 is 0 Å². The van der Waals surface area contributed by atoms with Crippen molar-refractivity contribution in [2.75, 3.05) is 0 Å². The number of aliphatic hydroxyl groups is 2. The third kappa shape index (κ3) is 3.29. The summed E-state index contributed by atoms with van der Waals surface area (Å²) in [6.45, 7) is 0. The molecule has 0 spiro atoms. The predicted molar refractivity (Wildman–Crippen MR) is 71.9 cm³/mol. The fraction of sp³-hybridized carbons (Fsp3) is 0.125. The second-order valence-electron chi connectivity index (χ2n) is 4.10. The molecule has 92 valence electrons. The third-order valence-corrected chi connectivity index (χ3v) is 2.76. The molecule has 0 aliphatic heterocycles. The molecule has 2 aromatic rings. The molecule has 0 radical (unpaired) electrons. The van der Waals surface area contributed by atoms with Gasteiger partial charge in [-0.15, -0.1) is 0 Å². The molecule has 0 aromatic heterocycles. The van der Waals surface area contributed by atoms with Crippen molar-refractivity contribution < 1.29 is 10.2 Å². The van der Waals surface area contributed by atoms with Crippen LogP contribution in [-0.4, -0.2) is 10.2 Å². The zero-order valence-electron chi connectivity index (χ0n) is 9.98. The van der Waals surface area contributed by atoms with Crippen LogP contribution in [0.3, 0.4) is 0 Å². The van der Waals surface area contributed by atoms with Crippen molar-refractivity contribution in [3.63, 3.8) is 0 Å². The second kappa shape index (κ2) is 6.15. The van der Waals surface area contributed by atoms with E-state index in [1.54, 1.807) is 12.2 Å². The van der Waals surface area contributed by atoms with Gasteiger partial charge in [0.2, 0.25) is 0 Å². The lowest BCUT2D eigenvalue weighted by atomic mass is 10.1. The van der Waals surface area contributed by atoms with Crippen LogP contribution in [0.2, 0.25) is 0 Å². The van der Waals surface area contributed by atoms with Gasteiger partial charge in [0.15, 0.2) is 0 Å². The molecule has 2 heteroatoms. The molecule has 0 saturated heterocycles. The van der Waals surface area contributed by atoms with Crippen molar-refractivity contribution >= 4 is 0 Å². The van der Waals surface area contributed by atoms with Gasteiger partial charge >= 0.3 is 0 Å². The van der Waals surface area contributed by atoms with Crippen molar-refractivity contribution in [3.8, 4) is 0 Å². The van der Waals surface area contributed by atoms with Gasteiger partial charge in [0, 0.05) is 0 Å². The molecule has 0 saturated carbocycles. The lowest BCUT2D eigenvalue weighted by molar-refractivity contribution is 0.212. The first kappa shape index (κ1) is 12.6. The molecule has 0 aliphatic rings. The highest BCUT2D eigenvalue weighted by molar-refractivity contribution is 5.24. The molecule has 0 heterocycles. The van der Waals surface area contributed by atoms with Gasteiger partial charge in [-0.1, -0.05) is 72.8 Å². The van der Waals surface area contributed by atoms with Gasteiger partial charge in [0.1, 0.15) is 0 Å². The minimum absolute atomic E-state index is 0.690. The van der Waals surface area contributed by atoms with Crippen molar-refractivity contribution in [1.29, 1.82) is 0 Å². The summed E-state index contributed by atoms with van der Waals surface area (Å²) in [5.74, 6) is 0. The Morgan fingerprint density at radius 2 is 0.944 bits per heavy atom. The molecule has 0 unspecified atom stereocenters. The van der Waals surface area contributed by atoms with Gasteiger partial charge in [-0.25, -0.2) is 0 Å². The fourth-order valence-electron chi connectivity index (χ4n) is 1.73. The van der Waals surface area contributed by atoms with E-state index in [-0.39, 0.29) is 0 Å². The van der Waals surface area contributed by atoms with Crippen LogP contribution in [0.5, 0.6) is 0 Å². The molecule has 2 aromatic carbocycles. The Hall–Kier alpha value is -1.90. The molecule has 2 atom stereocenters. The predicted octanol–water partition coefficient (Wildman–Crippen LogP) is 3.01. The van der Waals surface area contributed by atoms with E-state index in [1.165, 1.54) is 0 Å². The minimum atomic E-state index is -0.690. The van der Waals surface area contributed by atoms with Gasteiger partial charge in [-0.05, 0) is 11.1 Å². The first-order valence-electron chi connectivity index (χ1n) is 5.92. The smallest absolute Gasteiger partial charge is 0.0972 e. The molecule has 2 N–H and O–H groups in total. The highest BCUT2D eigenvalue weighted by Crippen LogP contribution is 2.18. The SMILES string of the molecule is O[C@@H](/C=C/[C@H](O)c1ccccc1)c1ccccc1. The highest BCUT2D eigenvalue weighted by atomic mass is 16.3. The monoisotopic (exact) mass is 240 g/mol. The Morgan fingerprint density at radius 1 is 0.611 bits per heavy atom. The summed E-state index contributed by atoms with van der Waals surface area (Å²) in [6, 6.07) is 18.7. The van der Waals surface area contributed by atoms with Gasteiger partial charge in [-0.3, -0.25) is 0 Å². The highest BCUT2D eigenvalue weighted by Gasteiger charge is 2.05. The first-order valence-corrected chi connectivity index (χ1v) is 5.92. The molecule has 0 bridgehead atoms. The quantitative estimate of drug-likeness (QED) is 0.806. The van der Waals surface area contributed by atoms with Gasteiger partial charge in [0.25, 0.3) is 0 Å². The van der Waals surface area contributed by atoms with Gasteiger partial charge in [-0.2, -0.15) is 0 Å². The fourth-order valence-corrected chi connectivity index (χ4v) is 1.73. The van der Waals surface area contributed by atoms with E-state index in [0.29, 0.717) is 0 Å². The summed E-state index contributed by atoms with van der Waals surface area (Å²) in [5.41, 5.74) is 1.63. The number of hydrogen-bond donors (Lipinski definition) is 2. The Balaban J connectivity index is 2.03. The largest absolute Gasteiger partial charge is 0.384 e. The number of aliphatic hydroxyl groups excluding tert-OH is 2. The molecular weight excluding hydrogens is 224 g/mol. The number of hydrogen-bond acceptors (Lipinski definition) is 2. The van der Waals surface area contributed by atoms with Crippen LogP contribution in [0.25, 0.3) is 0 Å². The van der Waals surface area contributed by atoms with E-state index in [4.69, 9.17) is 0 Å². The lowest BCUT2D eigenvalue weighted by Gasteiger charge is -2.08. The van der Waals surface area contributed by atoms with Crippen LogP contribution in [0.1, 0.15) is 23.3 Å². The van der Waals surface area contributed by atoms with Gasteiger partial charge in [0.05, 0.1) is 12.2 Å². The minimum Gasteiger partial charge on any atom is -0.384 e. The van der Waals surface area contributed by atoms with Crippen LogP contribution >= 0.6 is 0 Å². The molecule has 0 amide bonds. The molecule has 0 aliphatic carbocycles. The van der Waals surface area contributed by atoms with Crippen molar-refractivity contribution in [3.05, 3.63) is 83.9 Å². The molecule has 18 heavy (non-hydrogen) atoms. The van der Waals surface area contributed by atoms with E-state index in [1.807, 2.05) is 60.7 Å². The van der Waals surface area contributed by atoms with Crippen LogP contribution in [0.15, 0.2) is 72.8 Å². The topological polar surface area (TPSA) is 40.5 Å². The van der Waals surface area contributed by atoms with Crippen molar-refractivity contribution in [1.82, 2.24) is 0 Å². The van der Waals surface area contributed by atoms with Crippen LogP contribution in [-0.2, 0) is 0 Å². The zero-order chi connectivity index (χ0) is 12.8. The van der Waals surface area contributed by atoms with E-state index >= 15 is 0 Å². The molecule has 2 rings (SSSR count). The average Bonchev–Trinajstić information content (AvgIpc) is 2.46. The Bertz CT molecular complexity index is 444. The number of benzene rings is 2. The van der Waals surface area contributed by atoms with E-state index < -0.39 is 12.2 Å². The van der Waals surface area contributed by atoms with E-state index in [0.717, 1.165) is 11.1 Å². The van der Waals surface area contributed by atoms with Crippen LogP contribution in [0, 0.1) is 0 Å². The van der Waals surface area contributed by atoms with Crippen LogP contribution in [0.4, 0.5) is 0 Å². The Labute approximate surface area is 107 Å². The summed E-state index contributed by atoms with van der Waals surface area (Å²) < 4.78 is 0. The lowest BCUT2D eigenvalue weighted by Crippen LogP contribution is -1.96. The summed E-state index contributed by atoms with van der Waals surface area (Å²) >= 11 is 0. The Morgan fingerprint density at radius 3 is 1.28 bits per heavy atom. The standard InChI is InChI=1S/C16H16O2/c17-15(13-7-3-1-4-8-13)11-12-16(18)14-9-5-2-6-10-14/h1-12,15-18H/b12-11+/t15-,16-/m0/s1. The maximum atomic E-state index is 9.92. The van der Waals surface area contributed by atoms with Gasteiger partial charge < -0.3 is 10.2 Å². The van der Waals surface area contributed by atoms with E-state index in [2.05, 4.69) is 0 Å². The summed E-state index contributed by atoms with van der Waals surface area (Å²) in [4.78, 5) is 0. The molecule has 2 nitrogen and oxygen atoms in total. The summed E-state index contributed by atoms with van der Waals surface area (Å²) in [6.07, 6.45) is 1.83. The second-order valence-corrected chi connectivity index (χ2v) is 4.10. The maximum absolute atomic E-state index is 9.92.